The van der Waals surface area contributed by atoms with Gasteiger partial charge in [-0.2, -0.15) is 0 Å². The van der Waals surface area contributed by atoms with Crippen LogP contribution in [0.5, 0.6) is 0 Å². The highest BCUT2D eigenvalue weighted by atomic mass is 15.1. The topological polar surface area (TPSA) is 3.24 Å². The van der Waals surface area contributed by atoms with Gasteiger partial charge in [-0.15, -0.1) is 0 Å². The van der Waals surface area contributed by atoms with Crippen LogP contribution in [0.2, 0.25) is 0 Å². The molecule has 72 valence electrons. The first-order valence-electron chi connectivity index (χ1n) is 4.96. The fourth-order valence-corrected chi connectivity index (χ4v) is 1.23. The second-order valence-corrected chi connectivity index (χ2v) is 3.63. The average Bonchev–Trinajstić information content (AvgIpc) is 2.16. The van der Waals surface area contributed by atoms with E-state index in [-0.39, 0.29) is 0 Å². The summed E-state index contributed by atoms with van der Waals surface area (Å²) in [6.07, 6.45) is 1.16. The standard InChI is InChI=1S/C12H19N/c1-4-13(3)10-9-12-7-5-11(2)6-8-12/h5-8H,4,9-10H2,1-3H3. The van der Waals surface area contributed by atoms with E-state index in [4.69, 9.17) is 0 Å². The van der Waals surface area contributed by atoms with Gasteiger partial charge in [-0.05, 0) is 32.5 Å². The van der Waals surface area contributed by atoms with Crippen molar-refractivity contribution in [2.45, 2.75) is 20.3 Å². The van der Waals surface area contributed by atoms with Crippen LogP contribution in [0.15, 0.2) is 24.3 Å². The second-order valence-electron chi connectivity index (χ2n) is 3.63. The van der Waals surface area contributed by atoms with Crippen molar-refractivity contribution in [3.05, 3.63) is 35.4 Å². The van der Waals surface area contributed by atoms with Crippen LogP contribution < -0.4 is 0 Å². The van der Waals surface area contributed by atoms with E-state index in [2.05, 4.69) is 50.1 Å². The molecule has 1 rings (SSSR count). The lowest BCUT2D eigenvalue weighted by Crippen LogP contribution is -2.20. The van der Waals surface area contributed by atoms with Gasteiger partial charge in [-0.1, -0.05) is 36.8 Å². The minimum atomic E-state index is 1.13. The lowest BCUT2D eigenvalue weighted by atomic mass is 10.1. The van der Waals surface area contributed by atoms with Gasteiger partial charge in [0.25, 0.3) is 0 Å². The van der Waals surface area contributed by atoms with E-state index in [1.54, 1.807) is 0 Å². The Bertz CT molecular complexity index is 238. The molecule has 0 aliphatic rings. The van der Waals surface area contributed by atoms with Crippen LogP contribution in [0.1, 0.15) is 18.1 Å². The molecule has 0 radical (unpaired) electrons. The van der Waals surface area contributed by atoms with Gasteiger partial charge in [0.05, 0.1) is 0 Å². The first-order chi connectivity index (χ1) is 6.22. The Morgan fingerprint density at radius 1 is 1.15 bits per heavy atom. The summed E-state index contributed by atoms with van der Waals surface area (Å²) in [4.78, 5) is 2.33. The van der Waals surface area contributed by atoms with E-state index in [9.17, 15) is 0 Å². The lowest BCUT2D eigenvalue weighted by Gasteiger charge is -2.13. The third-order valence-corrected chi connectivity index (χ3v) is 2.44. The number of benzene rings is 1. The van der Waals surface area contributed by atoms with Crippen LogP contribution in [0.3, 0.4) is 0 Å². The number of hydrogen-bond donors (Lipinski definition) is 0. The fraction of sp³-hybridized carbons (Fsp3) is 0.500. The normalized spacial score (nSPS) is 10.8. The molecule has 1 aromatic carbocycles. The zero-order valence-corrected chi connectivity index (χ0v) is 8.88. The molecule has 0 amide bonds. The number of nitrogens with zero attached hydrogens (tertiary/aromatic N) is 1. The van der Waals surface area contributed by atoms with E-state index in [1.807, 2.05) is 0 Å². The smallest absolute Gasteiger partial charge is 0.00187 e. The van der Waals surface area contributed by atoms with Crippen LogP contribution in [0.4, 0.5) is 0 Å². The van der Waals surface area contributed by atoms with Crippen molar-refractivity contribution in [2.24, 2.45) is 0 Å². The minimum Gasteiger partial charge on any atom is -0.306 e. The molecule has 0 heterocycles. The van der Waals surface area contributed by atoms with Crippen LogP contribution >= 0.6 is 0 Å². The van der Waals surface area contributed by atoms with Gasteiger partial charge in [-0.25, -0.2) is 0 Å². The molecule has 0 saturated carbocycles. The molecular weight excluding hydrogens is 158 g/mol. The van der Waals surface area contributed by atoms with Crippen LogP contribution in [0, 0.1) is 6.92 Å². The van der Waals surface area contributed by atoms with Crippen molar-refractivity contribution in [3.63, 3.8) is 0 Å². The van der Waals surface area contributed by atoms with Crippen LogP contribution in [-0.2, 0) is 6.42 Å². The highest BCUT2D eigenvalue weighted by molar-refractivity contribution is 5.21. The maximum Gasteiger partial charge on any atom is 0.00187 e. The van der Waals surface area contributed by atoms with Crippen molar-refractivity contribution in [3.8, 4) is 0 Å². The Morgan fingerprint density at radius 2 is 1.77 bits per heavy atom. The van der Waals surface area contributed by atoms with E-state index < -0.39 is 0 Å². The predicted octanol–water partition coefficient (Wildman–Crippen LogP) is 2.49. The van der Waals surface area contributed by atoms with E-state index in [1.165, 1.54) is 11.1 Å². The molecule has 0 unspecified atom stereocenters. The van der Waals surface area contributed by atoms with E-state index in [0.29, 0.717) is 0 Å². The number of likely N-dealkylation sites (N-methyl/N-ethyl adjacent to an activating group) is 1. The predicted molar refractivity (Wildman–Crippen MR) is 58.1 cm³/mol. The van der Waals surface area contributed by atoms with Crippen molar-refractivity contribution < 1.29 is 0 Å². The Hall–Kier alpha value is -0.820. The molecule has 0 bridgehead atoms. The van der Waals surface area contributed by atoms with Crippen molar-refractivity contribution in [1.82, 2.24) is 4.90 Å². The zero-order chi connectivity index (χ0) is 9.68. The van der Waals surface area contributed by atoms with E-state index in [0.717, 1.165) is 19.5 Å². The molecule has 0 N–H and O–H groups in total. The van der Waals surface area contributed by atoms with Crippen molar-refractivity contribution >= 4 is 0 Å². The van der Waals surface area contributed by atoms with Crippen molar-refractivity contribution in [2.75, 3.05) is 20.1 Å². The van der Waals surface area contributed by atoms with E-state index >= 15 is 0 Å². The summed E-state index contributed by atoms with van der Waals surface area (Å²) in [7, 11) is 2.16. The molecule has 0 saturated heterocycles. The van der Waals surface area contributed by atoms with Crippen molar-refractivity contribution in [1.29, 1.82) is 0 Å². The average molecular weight is 177 g/mol. The first kappa shape index (κ1) is 10.3. The second kappa shape index (κ2) is 5.03. The molecular formula is C12H19N. The Balaban J connectivity index is 2.41. The summed E-state index contributed by atoms with van der Waals surface area (Å²) in [6.45, 7) is 6.60. The number of hydrogen-bond acceptors (Lipinski definition) is 1. The third-order valence-electron chi connectivity index (χ3n) is 2.44. The quantitative estimate of drug-likeness (QED) is 0.683. The molecule has 0 fully saturated rings. The summed E-state index contributed by atoms with van der Waals surface area (Å²) in [5.74, 6) is 0. The lowest BCUT2D eigenvalue weighted by molar-refractivity contribution is 0.357. The molecule has 13 heavy (non-hydrogen) atoms. The zero-order valence-electron chi connectivity index (χ0n) is 8.88. The summed E-state index contributed by atoms with van der Waals surface area (Å²) in [6, 6.07) is 8.81. The van der Waals surface area contributed by atoms with Gasteiger partial charge in [0.15, 0.2) is 0 Å². The van der Waals surface area contributed by atoms with Gasteiger partial charge in [0.2, 0.25) is 0 Å². The number of aryl methyl sites for hydroxylation is 1. The minimum absolute atomic E-state index is 1.13. The van der Waals surface area contributed by atoms with Crippen LogP contribution in [-0.4, -0.2) is 25.0 Å². The Labute approximate surface area is 81.4 Å². The van der Waals surface area contributed by atoms with Gasteiger partial charge < -0.3 is 4.90 Å². The van der Waals surface area contributed by atoms with Gasteiger partial charge in [0.1, 0.15) is 0 Å². The first-order valence-corrected chi connectivity index (χ1v) is 4.96. The SMILES string of the molecule is CCN(C)CCc1ccc(C)cc1. The molecule has 1 aromatic rings. The summed E-state index contributed by atoms with van der Waals surface area (Å²) < 4.78 is 0. The number of rotatable bonds is 4. The third kappa shape index (κ3) is 3.60. The Morgan fingerprint density at radius 3 is 2.31 bits per heavy atom. The fourth-order valence-electron chi connectivity index (χ4n) is 1.23. The van der Waals surface area contributed by atoms with Gasteiger partial charge >= 0.3 is 0 Å². The molecule has 0 atom stereocenters. The molecule has 0 spiro atoms. The maximum atomic E-state index is 2.33. The largest absolute Gasteiger partial charge is 0.306 e. The molecule has 0 aromatic heterocycles. The molecule has 0 aliphatic carbocycles. The summed E-state index contributed by atoms with van der Waals surface area (Å²) in [5.41, 5.74) is 2.78. The molecule has 1 heteroatoms. The monoisotopic (exact) mass is 177 g/mol. The Kier molecular flexibility index (Phi) is 3.97. The highest BCUT2D eigenvalue weighted by Gasteiger charge is 1.95. The van der Waals surface area contributed by atoms with Gasteiger partial charge in [-0.3, -0.25) is 0 Å². The molecule has 0 aliphatic heterocycles. The maximum absolute atomic E-state index is 2.33. The van der Waals surface area contributed by atoms with Gasteiger partial charge in [0, 0.05) is 6.54 Å². The molecule has 1 nitrogen and oxygen atoms in total. The van der Waals surface area contributed by atoms with Crippen LogP contribution in [0.25, 0.3) is 0 Å². The highest BCUT2D eigenvalue weighted by Crippen LogP contribution is 2.04. The summed E-state index contributed by atoms with van der Waals surface area (Å²) >= 11 is 0. The summed E-state index contributed by atoms with van der Waals surface area (Å²) in [5, 5.41) is 0.